The molecular weight excluding hydrogens is 427 g/mol. The Labute approximate surface area is 203 Å². The number of hydrogen-bond acceptors (Lipinski definition) is 3. The average Bonchev–Trinajstić information content (AvgIpc) is 2.82. The van der Waals surface area contributed by atoms with Crippen LogP contribution in [0.15, 0.2) is 46.6 Å². The smallest absolute Gasteiger partial charge is 0.313 e. The molecule has 182 valence electrons. The van der Waals surface area contributed by atoms with Gasteiger partial charge in [-0.25, -0.2) is 4.39 Å². The Morgan fingerprint density at radius 1 is 1.21 bits per heavy atom. The summed E-state index contributed by atoms with van der Waals surface area (Å²) < 4.78 is 19.8. The van der Waals surface area contributed by atoms with E-state index in [2.05, 4.69) is 13.5 Å². The molecule has 1 aromatic carbocycles. The molecule has 0 amide bonds. The van der Waals surface area contributed by atoms with E-state index in [9.17, 15) is 14.0 Å². The summed E-state index contributed by atoms with van der Waals surface area (Å²) >= 11 is 0. The fraction of sp³-hybridized carbons (Fsp3) is 0.467. The molecule has 34 heavy (non-hydrogen) atoms. The second-order valence-electron chi connectivity index (χ2n) is 9.40. The van der Waals surface area contributed by atoms with Crippen LogP contribution >= 0.6 is 0 Å². The van der Waals surface area contributed by atoms with Crippen LogP contribution < -0.4 is 0 Å². The van der Waals surface area contributed by atoms with E-state index in [1.807, 2.05) is 40.7 Å². The second kappa shape index (κ2) is 10.7. The standard InChI is InChI=1S/C30H37FO3/c1-8-21(24-13-11-12-23-20(7)27(31)15-18(5)29(23)24)19(6)17(4)14-25-22(9-2)30(33)34-16-26(25)28(32)10-3/h14-15,22H,6,8-13,16H2,1-5,7H3/b17-14+,24-21-. The molecule has 1 atom stereocenters. The maximum Gasteiger partial charge on any atom is 0.313 e. The molecule has 0 spiro atoms. The van der Waals surface area contributed by atoms with Crippen LogP contribution in [0.5, 0.6) is 0 Å². The predicted molar refractivity (Wildman–Crippen MR) is 136 cm³/mol. The molecule has 1 aromatic rings. The minimum absolute atomic E-state index is 0.0130. The summed E-state index contributed by atoms with van der Waals surface area (Å²) in [5.41, 5.74) is 9.62. The average molecular weight is 465 g/mol. The third-order valence-electron chi connectivity index (χ3n) is 7.37. The third-order valence-corrected chi connectivity index (χ3v) is 7.37. The van der Waals surface area contributed by atoms with E-state index in [1.165, 1.54) is 16.7 Å². The molecule has 0 radical (unpaired) electrons. The zero-order valence-corrected chi connectivity index (χ0v) is 21.5. The highest BCUT2D eigenvalue weighted by atomic mass is 19.1. The minimum Gasteiger partial charge on any atom is -0.460 e. The van der Waals surface area contributed by atoms with Crippen molar-refractivity contribution >= 4 is 17.3 Å². The van der Waals surface area contributed by atoms with Crippen LogP contribution in [0.25, 0.3) is 5.57 Å². The maximum absolute atomic E-state index is 14.4. The van der Waals surface area contributed by atoms with E-state index in [4.69, 9.17) is 4.74 Å². The highest BCUT2D eigenvalue weighted by molar-refractivity contribution is 5.99. The van der Waals surface area contributed by atoms with Crippen LogP contribution in [0.2, 0.25) is 0 Å². The number of ketones is 1. The van der Waals surface area contributed by atoms with Crippen molar-refractivity contribution in [2.75, 3.05) is 6.61 Å². The van der Waals surface area contributed by atoms with Crippen molar-refractivity contribution < 1.29 is 18.7 Å². The van der Waals surface area contributed by atoms with Gasteiger partial charge in [0.05, 0.1) is 5.92 Å². The quantitative estimate of drug-likeness (QED) is 0.314. The monoisotopic (exact) mass is 464 g/mol. The van der Waals surface area contributed by atoms with E-state index in [0.717, 1.165) is 59.1 Å². The summed E-state index contributed by atoms with van der Waals surface area (Å²) in [6, 6.07) is 1.64. The molecule has 0 fully saturated rings. The van der Waals surface area contributed by atoms with Crippen LogP contribution in [0.3, 0.4) is 0 Å². The van der Waals surface area contributed by atoms with Crippen LogP contribution in [0, 0.1) is 25.6 Å². The first-order valence-electron chi connectivity index (χ1n) is 12.5. The molecule has 4 heteroatoms. The highest BCUT2D eigenvalue weighted by Gasteiger charge is 2.32. The molecule has 0 saturated heterocycles. The fourth-order valence-electron chi connectivity index (χ4n) is 5.40. The normalized spacial score (nSPS) is 20.1. The van der Waals surface area contributed by atoms with Gasteiger partial charge in [-0.15, -0.1) is 0 Å². The van der Waals surface area contributed by atoms with Crippen molar-refractivity contribution in [3.8, 4) is 0 Å². The lowest BCUT2D eigenvalue weighted by atomic mass is 9.77. The lowest BCUT2D eigenvalue weighted by Crippen LogP contribution is -2.29. The molecule has 2 aliphatic rings. The summed E-state index contributed by atoms with van der Waals surface area (Å²) in [7, 11) is 0. The molecule has 0 bridgehead atoms. The van der Waals surface area contributed by atoms with Gasteiger partial charge < -0.3 is 4.74 Å². The first-order chi connectivity index (χ1) is 16.2. The van der Waals surface area contributed by atoms with E-state index in [-0.39, 0.29) is 24.2 Å². The van der Waals surface area contributed by atoms with Gasteiger partial charge in [0.2, 0.25) is 0 Å². The fourth-order valence-corrected chi connectivity index (χ4v) is 5.40. The van der Waals surface area contributed by atoms with Gasteiger partial charge in [0.1, 0.15) is 12.4 Å². The number of aryl methyl sites for hydroxylation is 1. The molecule has 1 unspecified atom stereocenters. The number of carbonyl (C=O) groups is 2. The number of carbonyl (C=O) groups excluding carboxylic acids is 2. The number of rotatable bonds is 7. The Hall–Kier alpha value is -2.75. The molecule has 3 rings (SSSR count). The summed E-state index contributed by atoms with van der Waals surface area (Å²) in [6.45, 7) is 16.2. The van der Waals surface area contributed by atoms with Crippen molar-refractivity contribution in [3.63, 3.8) is 0 Å². The van der Waals surface area contributed by atoms with Gasteiger partial charge in [-0.2, -0.15) is 0 Å². The minimum atomic E-state index is -0.442. The molecule has 1 heterocycles. The van der Waals surface area contributed by atoms with Crippen molar-refractivity contribution in [1.29, 1.82) is 0 Å². The lowest BCUT2D eigenvalue weighted by molar-refractivity contribution is -0.147. The molecule has 0 saturated carbocycles. The predicted octanol–water partition coefficient (Wildman–Crippen LogP) is 7.30. The number of halogens is 1. The first-order valence-corrected chi connectivity index (χ1v) is 12.5. The van der Waals surface area contributed by atoms with Crippen LogP contribution in [0.1, 0.15) is 82.1 Å². The van der Waals surface area contributed by atoms with Gasteiger partial charge in [0.25, 0.3) is 0 Å². The summed E-state index contributed by atoms with van der Waals surface area (Å²) in [5.74, 6) is -0.842. The van der Waals surface area contributed by atoms with Crippen LogP contribution in [0.4, 0.5) is 4.39 Å². The zero-order chi connectivity index (χ0) is 25.2. The Kier molecular flexibility index (Phi) is 8.12. The molecular formula is C30H37FO3. The van der Waals surface area contributed by atoms with Crippen molar-refractivity contribution in [1.82, 2.24) is 0 Å². The van der Waals surface area contributed by atoms with Crippen molar-refractivity contribution in [2.45, 2.75) is 80.1 Å². The number of hydrogen-bond donors (Lipinski definition) is 0. The van der Waals surface area contributed by atoms with E-state index < -0.39 is 5.92 Å². The molecule has 1 aliphatic heterocycles. The third kappa shape index (κ3) is 4.73. The van der Waals surface area contributed by atoms with Gasteiger partial charge in [-0.05, 0) is 109 Å². The van der Waals surface area contributed by atoms with Gasteiger partial charge in [0.15, 0.2) is 5.78 Å². The van der Waals surface area contributed by atoms with Gasteiger partial charge in [0, 0.05) is 12.0 Å². The van der Waals surface area contributed by atoms with E-state index >= 15 is 0 Å². The first kappa shape index (κ1) is 25.9. The number of ether oxygens (including phenoxy) is 1. The van der Waals surface area contributed by atoms with Gasteiger partial charge in [-0.3, -0.25) is 9.59 Å². The van der Waals surface area contributed by atoms with Crippen molar-refractivity contribution in [3.05, 3.63) is 74.7 Å². The molecule has 0 N–H and O–H groups in total. The molecule has 0 aromatic heterocycles. The van der Waals surface area contributed by atoms with Gasteiger partial charge >= 0.3 is 5.97 Å². The lowest BCUT2D eigenvalue weighted by Gasteiger charge is -2.28. The molecule has 3 nitrogen and oxygen atoms in total. The summed E-state index contributed by atoms with van der Waals surface area (Å²) in [6.07, 6.45) is 6.52. The Morgan fingerprint density at radius 2 is 1.91 bits per heavy atom. The van der Waals surface area contributed by atoms with E-state index in [0.29, 0.717) is 18.4 Å². The van der Waals surface area contributed by atoms with Gasteiger partial charge in [-0.1, -0.05) is 33.4 Å². The Morgan fingerprint density at radius 3 is 2.53 bits per heavy atom. The molecule has 1 aliphatic carbocycles. The summed E-state index contributed by atoms with van der Waals surface area (Å²) in [5, 5.41) is 0. The number of cyclic esters (lactones) is 1. The van der Waals surface area contributed by atoms with Crippen LogP contribution in [-0.2, 0) is 20.7 Å². The number of fused-ring (bicyclic) bond motifs is 1. The highest BCUT2D eigenvalue weighted by Crippen LogP contribution is 2.41. The summed E-state index contributed by atoms with van der Waals surface area (Å²) in [4.78, 5) is 25.1. The topological polar surface area (TPSA) is 43.4 Å². The largest absolute Gasteiger partial charge is 0.460 e. The zero-order valence-electron chi connectivity index (χ0n) is 21.5. The maximum atomic E-state index is 14.4. The Bertz CT molecular complexity index is 1130. The Balaban J connectivity index is 2.14. The SMILES string of the molecule is C=C(/C(CC)=C1/CCCc2c(C)c(F)cc(C)c21)/C(C)=C/C1=C(C(=O)CC)COC(=O)C1CC. The number of Topliss-reactive ketones (excluding diaryl/α,β-unsaturated/α-hetero) is 1. The van der Waals surface area contributed by atoms with Crippen molar-refractivity contribution in [2.24, 2.45) is 5.92 Å². The number of benzene rings is 1. The number of allylic oxidation sites excluding steroid dienone is 5. The van der Waals surface area contributed by atoms with E-state index in [1.54, 1.807) is 6.07 Å². The van der Waals surface area contributed by atoms with Crippen LogP contribution in [-0.4, -0.2) is 18.4 Å². The number of esters is 1. The second-order valence-corrected chi connectivity index (χ2v) is 9.40.